The quantitative estimate of drug-likeness (QED) is 0.635. The van der Waals surface area contributed by atoms with Gasteiger partial charge in [0.15, 0.2) is 0 Å². The van der Waals surface area contributed by atoms with Gasteiger partial charge in [-0.05, 0) is 48.2 Å². The Labute approximate surface area is 166 Å². The average Bonchev–Trinajstić information content (AvgIpc) is 2.54. The van der Waals surface area contributed by atoms with Crippen LogP contribution in [0, 0.1) is 0 Å². The van der Waals surface area contributed by atoms with Crippen LogP contribution >= 0.6 is 23.2 Å². The summed E-state index contributed by atoms with van der Waals surface area (Å²) in [5.74, 6) is 0.106. The van der Waals surface area contributed by atoms with E-state index in [2.05, 4.69) is 5.32 Å². The van der Waals surface area contributed by atoms with Crippen molar-refractivity contribution < 1.29 is 14.1 Å². The SMILES string of the molecule is CCCC(=O)Nc1cc(Cl)c(S(=O)c2ccc(O)c(C(C)C)c2)c(Cl)c1. The van der Waals surface area contributed by atoms with Crippen LogP contribution in [0.25, 0.3) is 0 Å². The lowest BCUT2D eigenvalue weighted by molar-refractivity contribution is -0.116. The van der Waals surface area contributed by atoms with E-state index in [0.717, 1.165) is 6.42 Å². The van der Waals surface area contributed by atoms with Crippen LogP contribution in [-0.2, 0) is 15.6 Å². The number of halogens is 2. The molecule has 0 saturated carbocycles. The number of carbonyl (C=O) groups excluding carboxylic acids is 1. The van der Waals surface area contributed by atoms with Crippen molar-refractivity contribution in [2.45, 2.75) is 49.3 Å². The maximum absolute atomic E-state index is 13.0. The maximum atomic E-state index is 13.0. The van der Waals surface area contributed by atoms with Crippen LogP contribution in [-0.4, -0.2) is 15.2 Å². The predicted molar refractivity (Wildman–Crippen MR) is 107 cm³/mol. The summed E-state index contributed by atoms with van der Waals surface area (Å²) in [5.41, 5.74) is 1.17. The van der Waals surface area contributed by atoms with Gasteiger partial charge in [0.1, 0.15) is 5.75 Å². The van der Waals surface area contributed by atoms with E-state index in [1.165, 1.54) is 18.2 Å². The van der Waals surface area contributed by atoms with E-state index in [1.807, 2.05) is 20.8 Å². The van der Waals surface area contributed by atoms with Gasteiger partial charge in [0.2, 0.25) is 5.91 Å². The molecule has 0 heterocycles. The molecule has 0 bridgehead atoms. The zero-order valence-corrected chi connectivity index (χ0v) is 17.1. The first-order valence-electron chi connectivity index (χ1n) is 8.28. The molecule has 0 spiro atoms. The molecule has 26 heavy (non-hydrogen) atoms. The van der Waals surface area contributed by atoms with Gasteiger partial charge in [-0.1, -0.05) is 44.0 Å². The Kier molecular flexibility index (Phi) is 7.09. The van der Waals surface area contributed by atoms with Gasteiger partial charge in [-0.25, -0.2) is 4.21 Å². The second-order valence-electron chi connectivity index (χ2n) is 6.21. The normalized spacial score (nSPS) is 12.2. The zero-order chi connectivity index (χ0) is 19.4. The molecule has 1 atom stereocenters. The highest BCUT2D eigenvalue weighted by atomic mass is 35.5. The van der Waals surface area contributed by atoms with E-state index >= 15 is 0 Å². The van der Waals surface area contributed by atoms with Crippen LogP contribution < -0.4 is 5.32 Å². The maximum Gasteiger partial charge on any atom is 0.224 e. The van der Waals surface area contributed by atoms with Gasteiger partial charge in [0.05, 0.1) is 25.7 Å². The number of anilines is 1. The standard InChI is InChI=1S/C19H21Cl2NO3S/c1-4-5-18(24)22-12-8-15(20)19(16(21)9-12)26(25)13-6-7-17(23)14(10-13)11(2)3/h6-11,23H,4-5H2,1-3H3,(H,22,24). The van der Waals surface area contributed by atoms with Crippen molar-refractivity contribution in [1.82, 2.24) is 0 Å². The molecule has 1 amide bonds. The van der Waals surface area contributed by atoms with E-state index in [1.54, 1.807) is 12.1 Å². The van der Waals surface area contributed by atoms with Gasteiger partial charge in [0, 0.05) is 17.0 Å². The molecular formula is C19H21Cl2NO3S. The van der Waals surface area contributed by atoms with Crippen LogP contribution in [0.15, 0.2) is 40.1 Å². The lowest BCUT2D eigenvalue weighted by atomic mass is 10.0. The molecule has 0 saturated heterocycles. The number of hydrogen-bond acceptors (Lipinski definition) is 3. The van der Waals surface area contributed by atoms with Crippen molar-refractivity contribution in [1.29, 1.82) is 0 Å². The van der Waals surface area contributed by atoms with Crippen LogP contribution in [0.3, 0.4) is 0 Å². The summed E-state index contributed by atoms with van der Waals surface area (Å²) >= 11 is 12.6. The predicted octanol–water partition coefficient (Wildman–Crippen LogP) is 5.73. The van der Waals surface area contributed by atoms with Crippen molar-refractivity contribution in [3.8, 4) is 5.75 Å². The highest BCUT2D eigenvalue weighted by Crippen LogP contribution is 2.36. The zero-order valence-electron chi connectivity index (χ0n) is 14.8. The Morgan fingerprint density at radius 1 is 1.19 bits per heavy atom. The van der Waals surface area contributed by atoms with E-state index in [9.17, 15) is 14.1 Å². The number of carbonyl (C=O) groups is 1. The topological polar surface area (TPSA) is 66.4 Å². The second kappa shape index (κ2) is 8.89. The summed E-state index contributed by atoms with van der Waals surface area (Å²) in [5, 5.41) is 13.1. The summed E-state index contributed by atoms with van der Waals surface area (Å²) in [4.78, 5) is 12.5. The van der Waals surface area contributed by atoms with Crippen molar-refractivity contribution in [3.63, 3.8) is 0 Å². The highest BCUT2D eigenvalue weighted by molar-refractivity contribution is 7.85. The summed E-state index contributed by atoms with van der Waals surface area (Å²) in [6, 6.07) is 7.88. The first-order chi connectivity index (χ1) is 12.2. The van der Waals surface area contributed by atoms with E-state index in [-0.39, 0.29) is 32.5 Å². The van der Waals surface area contributed by atoms with E-state index in [0.29, 0.717) is 22.6 Å². The molecule has 0 aromatic heterocycles. The summed E-state index contributed by atoms with van der Waals surface area (Å²) in [6.07, 6.45) is 1.13. The lowest BCUT2D eigenvalue weighted by Gasteiger charge is -2.13. The number of aromatic hydroxyl groups is 1. The molecule has 0 fully saturated rings. The Morgan fingerprint density at radius 2 is 1.81 bits per heavy atom. The molecule has 2 N–H and O–H groups in total. The van der Waals surface area contributed by atoms with Crippen molar-refractivity contribution in [3.05, 3.63) is 45.9 Å². The average molecular weight is 414 g/mol. The molecule has 0 aliphatic rings. The van der Waals surface area contributed by atoms with Crippen LogP contribution in [0.4, 0.5) is 5.69 Å². The van der Waals surface area contributed by atoms with Gasteiger partial charge in [0.25, 0.3) is 0 Å². The number of hydrogen-bond donors (Lipinski definition) is 2. The largest absolute Gasteiger partial charge is 0.508 e. The minimum atomic E-state index is -1.62. The molecule has 0 radical (unpaired) electrons. The molecule has 0 aliphatic carbocycles. The molecule has 140 valence electrons. The Hall–Kier alpha value is -1.56. The Morgan fingerprint density at radius 3 is 2.35 bits per heavy atom. The highest BCUT2D eigenvalue weighted by Gasteiger charge is 2.19. The van der Waals surface area contributed by atoms with Gasteiger partial charge >= 0.3 is 0 Å². The third-order valence-corrected chi connectivity index (χ3v) is 6.09. The number of nitrogens with one attached hydrogen (secondary N) is 1. The third-order valence-electron chi connectivity index (χ3n) is 3.78. The molecule has 7 heteroatoms. The monoisotopic (exact) mass is 413 g/mol. The fourth-order valence-electron chi connectivity index (χ4n) is 2.49. The fourth-order valence-corrected chi connectivity index (χ4v) is 4.53. The number of benzene rings is 2. The number of rotatable bonds is 6. The summed E-state index contributed by atoms with van der Waals surface area (Å²) < 4.78 is 13.0. The van der Waals surface area contributed by atoms with Crippen molar-refractivity contribution in [2.24, 2.45) is 0 Å². The van der Waals surface area contributed by atoms with E-state index in [4.69, 9.17) is 23.2 Å². The molecule has 1 unspecified atom stereocenters. The molecule has 4 nitrogen and oxygen atoms in total. The lowest BCUT2D eigenvalue weighted by Crippen LogP contribution is -2.11. The minimum absolute atomic E-state index is 0.0778. The molecule has 2 rings (SSSR count). The second-order valence-corrected chi connectivity index (χ2v) is 8.44. The fraction of sp³-hybridized carbons (Fsp3) is 0.316. The molecule has 2 aromatic carbocycles. The molecular weight excluding hydrogens is 393 g/mol. The third kappa shape index (κ3) is 4.78. The first kappa shape index (κ1) is 20.7. The first-order valence-corrected chi connectivity index (χ1v) is 10.2. The van der Waals surface area contributed by atoms with Gasteiger partial charge in [-0.3, -0.25) is 4.79 Å². The van der Waals surface area contributed by atoms with Gasteiger partial charge in [-0.15, -0.1) is 0 Å². The Bertz CT molecular complexity index is 830. The smallest absolute Gasteiger partial charge is 0.224 e. The summed E-state index contributed by atoms with van der Waals surface area (Å²) in [7, 11) is -1.62. The number of phenols is 1. The Balaban J connectivity index is 2.38. The summed E-state index contributed by atoms with van der Waals surface area (Å²) in [6.45, 7) is 5.79. The number of phenolic OH excluding ortho intramolecular Hbond substituents is 1. The van der Waals surface area contributed by atoms with Crippen LogP contribution in [0.1, 0.15) is 45.1 Å². The van der Waals surface area contributed by atoms with Crippen molar-refractivity contribution in [2.75, 3.05) is 5.32 Å². The minimum Gasteiger partial charge on any atom is -0.508 e. The molecule has 2 aromatic rings. The van der Waals surface area contributed by atoms with E-state index < -0.39 is 10.8 Å². The van der Waals surface area contributed by atoms with Crippen LogP contribution in [0.5, 0.6) is 5.75 Å². The molecule has 0 aliphatic heterocycles. The van der Waals surface area contributed by atoms with Gasteiger partial charge < -0.3 is 10.4 Å². The number of amides is 1. The van der Waals surface area contributed by atoms with Crippen LogP contribution in [0.2, 0.25) is 10.0 Å². The van der Waals surface area contributed by atoms with Gasteiger partial charge in [-0.2, -0.15) is 0 Å². The van der Waals surface area contributed by atoms with Crippen molar-refractivity contribution >= 4 is 45.6 Å².